The van der Waals surface area contributed by atoms with E-state index in [9.17, 15) is 9.59 Å². The van der Waals surface area contributed by atoms with Gasteiger partial charge in [0.2, 0.25) is 5.91 Å². The number of carboxylic acid groups (broad SMARTS) is 1. The van der Waals surface area contributed by atoms with E-state index < -0.39 is 5.97 Å². The molecule has 0 fully saturated rings. The topological polar surface area (TPSA) is 83.6 Å². The van der Waals surface area contributed by atoms with Crippen molar-refractivity contribution in [2.75, 3.05) is 13.6 Å². The second-order valence-corrected chi connectivity index (χ2v) is 3.47. The molecule has 14 heavy (non-hydrogen) atoms. The number of rotatable bonds is 6. The standard InChI is InChI=1S/C9H18N2O3/c1-7(10)3-4-8(12)11(2)6-5-9(13)14/h7H,3-6,10H2,1-2H3,(H,13,14). The molecule has 0 bridgehead atoms. The second-order valence-electron chi connectivity index (χ2n) is 3.47. The summed E-state index contributed by atoms with van der Waals surface area (Å²) < 4.78 is 0. The van der Waals surface area contributed by atoms with Gasteiger partial charge in [0, 0.05) is 26.1 Å². The second kappa shape index (κ2) is 6.37. The first-order chi connectivity index (χ1) is 6.43. The fourth-order valence-corrected chi connectivity index (χ4v) is 0.930. The quantitative estimate of drug-likeness (QED) is 0.637. The molecule has 0 rings (SSSR count). The summed E-state index contributed by atoms with van der Waals surface area (Å²) in [7, 11) is 1.60. The van der Waals surface area contributed by atoms with Gasteiger partial charge in [-0.2, -0.15) is 0 Å². The maximum absolute atomic E-state index is 11.3. The Labute approximate surface area is 83.9 Å². The summed E-state index contributed by atoms with van der Waals surface area (Å²) in [6.07, 6.45) is 1.00. The molecular weight excluding hydrogens is 184 g/mol. The summed E-state index contributed by atoms with van der Waals surface area (Å²) in [5.41, 5.74) is 5.50. The number of hydrogen-bond acceptors (Lipinski definition) is 3. The van der Waals surface area contributed by atoms with E-state index in [4.69, 9.17) is 10.8 Å². The Morgan fingerprint density at radius 3 is 2.43 bits per heavy atom. The Morgan fingerprint density at radius 2 is 2.00 bits per heavy atom. The lowest BCUT2D eigenvalue weighted by atomic mass is 10.2. The highest BCUT2D eigenvalue weighted by atomic mass is 16.4. The smallest absolute Gasteiger partial charge is 0.305 e. The number of carbonyl (C=O) groups is 2. The third kappa shape index (κ3) is 6.42. The average molecular weight is 202 g/mol. The molecule has 0 aromatic heterocycles. The lowest BCUT2D eigenvalue weighted by Gasteiger charge is -2.16. The van der Waals surface area contributed by atoms with Crippen LogP contribution in [0.4, 0.5) is 0 Å². The average Bonchev–Trinajstić information content (AvgIpc) is 2.09. The van der Waals surface area contributed by atoms with Crippen molar-refractivity contribution in [3.63, 3.8) is 0 Å². The van der Waals surface area contributed by atoms with Crippen molar-refractivity contribution >= 4 is 11.9 Å². The summed E-state index contributed by atoms with van der Waals surface area (Å²) in [6, 6.07) is 0.00632. The van der Waals surface area contributed by atoms with Crippen LogP contribution in [0, 0.1) is 0 Å². The van der Waals surface area contributed by atoms with E-state index in [0.717, 1.165) is 0 Å². The summed E-state index contributed by atoms with van der Waals surface area (Å²) in [4.78, 5) is 23.0. The van der Waals surface area contributed by atoms with Gasteiger partial charge in [-0.15, -0.1) is 0 Å². The van der Waals surface area contributed by atoms with Crippen LogP contribution in [0.25, 0.3) is 0 Å². The van der Waals surface area contributed by atoms with Gasteiger partial charge in [-0.1, -0.05) is 0 Å². The molecule has 1 atom stereocenters. The van der Waals surface area contributed by atoms with Crippen LogP contribution in [-0.4, -0.2) is 41.5 Å². The predicted octanol–water partition coefficient (Wildman–Crippen LogP) is 0.0469. The number of amides is 1. The first kappa shape index (κ1) is 12.9. The van der Waals surface area contributed by atoms with Crippen LogP contribution >= 0.6 is 0 Å². The maximum atomic E-state index is 11.3. The molecule has 0 spiro atoms. The van der Waals surface area contributed by atoms with E-state index in [1.165, 1.54) is 4.90 Å². The Morgan fingerprint density at radius 1 is 1.43 bits per heavy atom. The third-order valence-corrected chi connectivity index (χ3v) is 1.90. The minimum atomic E-state index is -0.892. The first-order valence-electron chi connectivity index (χ1n) is 4.64. The molecule has 0 saturated carbocycles. The molecule has 0 saturated heterocycles. The Kier molecular flexibility index (Phi) is 5.87. The highest BCUT2D eigenvalue weighted by molar-refractivity contribution is 5.76. The summed E-state index contributed by atoms with van der Waals surface area (Å²) in [6.45, 7) is 2.09. The number of carboxylic acids is 1. The molecule has 1 unspecified atom stereocenters. The zero-order valence-electron chi connectivity index (χ0n) is 8.69. The van der Waals surface area contributed by atoms with Crippen molar-refractivity contribution < 1.29 is 14.7 Å². The third-order valence-electron chi connectivity index (χ3n) is 1.90. The van der Waals surface area contributed by atoms with Crippen molar-refractivity contribution in [3.8, 4) is 0 Å². The molecule has 1 amide bonds. The van der Waals surface area contributed by atoms with Crippen molar-refractivity contribution in [1.29, 1.82) is 0 Å². The van der Waals surface area contributed by atoms with Gasteiger partial charge in [0.15, 0.2) is 0 Å². The molecular formula is C9H18N2O3. The predicted molar refractivity (Wildman–Crippen MR) is 52.8 cm³/mol. The lowest BCUT2D eigenvalue weighted by molar-refractivity contribution is -0.138. The lowest BCUT2D eigenvalue weighted by Crippen LogP contribution is -2.30. The molecule has 82 valence electrons. The summed E-state index contributed by atoms with van der Waals surface area (Å²) in [5, 5.41) is 8.40. The van der Waals surface area contributed by atoms with Crippen LogP contribution in [0.3, 0.4) is 0 Å². The zero-order chi connectivity index (χ0) is 11.1. The Bertz CT molecular complexity index is 204. The van der Waals surface area contributed by atoms with Crippen LogP contribution in [0.2, 0.25) is 0 Å². The van der Waals surface area contributed by atoms with Gasteiger partial charge in [-0.25, -0.2) is 0 Å². The minimum absolute atomic E-state index is 0.00632. The summed E-state index contributed by atoms with van der Waals surface area (Å²) >= 11 is 0. The van der Waals surface area contributed by atoms with Gasteiger partial charge < -0.3 is 15.7 Å². The van der Waals surface area contributed by atoms with Crippen LogP contribution in [0.15, 0.2) is 0 Å². The molecule has 5 heteroatoms. The molecule has 0 heterocycles. The molecule has 0 aliphatic carbocycles. The molecule has 0 aromatic carbocycles. The first-order valence-corrected chi connectivity index (χ1v) is 4.64. The number of aliphatic carboxylic acids is 1. The Balaban J connectivity index is 3.70. The minimum Gasteiger partial charge on any atom is -0.481 e. The van der Waals surface area contributed by atoms with E-state index in [1.807, 2.05) is 6.92 Å². The van der Waals surface area contributed by atoms with Gasteiger partial charge in [-0.05, 0) is 13.3 Å². The molecule has 3 N–H and O–H groups in total. The fourth-order valence-electron chi connectivity index (χ4n) is 0.930. The van der Waals surface area contributed by atoms with Crippen LogP contribution in [0.1, 0.15) is 26.2 Å². The van der Waals surface area contributed by atoms with Crippen LogP contribution in [-0.2, 0) is 9.59 Å². The van der Waals surface area contributed by atoms with Gasteiger partial charge in [-0.3, -0.25) is 9.59 Å². The van der Waals surface area contributed by atoms with E-state index in [0.29, 0.717) is 12.8 Å². The largest absolute Gasteiger partial charge is 0.481 e. The highest BCUT2D eigenvalue weighted by Crippen LogP contribution is 1.99. The van der Waals surface area contributed by atoms with Crippen molar-refractivity contribution in [2.24, 2.45) is 5.73 Å². The van der Waals surface area contributed by atoms with E-state index >= 15 is 0 Å². The maximum Gasteiger partial charge on any atom is 0.305 e. The van der Waals surface area contributed by atoms with Crippen LogP contribution < -0.4 is 5.73 Å². The Hall–Kier alpha value is -1.10. The number of carbonyl (C=O) groups excluding carboxylic acids is 1. The molecule has 5 nitrogen and oxygen atoms in total. The van der Waals surface area contributed by atoms with Gasteiger partial charge >= 0.3 is 5.97 Å². The SMILES string of the molecule is CC(N)CCC(=O)N(C)CCC(=O)O. The normalized spacial score (nSPS) is 12.2. The van der Waals surface area contributed by atoms with Crippen molar-refractivity contribution in [1.82, 2.24) is 4.90 Å². The number of nitrogens with zero attached hydrogens (tertiary/aromatic N) is 1. The fraction of sp³-hybridized carbons (Fsp3) is 0.778. The highest BCUT2D eigenvalue weighted by Gasteiger charge is 2.10. The van der Waals surface area contributed by atoms with Gasteiger partial charge in [0.25, 0.3) is 0 Å². The van der Waals surface area contributed by atoms with Gasteiger partial charge in [0.1, 0.15) is 0 Å². The number of hydrogen-bond donors (Lipinski definition) is 2. The van der Waals surface area contributed by atoms with Crippen molar-refractivity contribution in [2.45, 2.75) is 32.2 Å². The number of nitrogens with two attached hydrogens (primary N) is 1. The van der Waals surface area contributed by atoms with Crippen molar-refractivity contribution in [3.05, 3.63) is 0 Å². The molecule has 0 radical (unpaired) electrons. The van der Waals surface area contributed by atoms with E-state index in [-0.39, 0.29) is 24.9 Å². The molecule has 0 aromatic rings. The van der Waals surface area contributed by atoms with Crippen LogP contribution in [0.5, 0.6) is 0 Å². The molecule has 0 aliphatic rings. The summed E-state index contributed by atoms with van der Waals surface area (Å²) in [5.74, 6) is -0.944. The molecule has 0 aliphatic heterocycles. The van der Waals surface area contributed by atoms with Gasteiger partial charge in [0.05, 0.1) is 6.42 Å². The zero-order valence-corrected chi connectivity index (χ0v) is 8.69. The van der Waals surface area contributed by atoms with E-state index in [2.05, 4.69) is 0 Å². The van der Waals surface area contributed by atoms with E-state index in [1.54, 1.807) is 7.05 Å². The monoisotopic (exact) mass is 202 g/mol.